The minimum absolute atomic E-state index is 0.0384. The standard InChI is InChI=1S/C38H68N12O13S/c1-8-19(2)30(38(63)46-21(4)32(57)42-17-29(54)55)50-34(59)22(5)43-28(53)16-41-31(56)20(3)44-35(60)24(11-9-10-13-39)48-37(62)26(18-51)49-33(58)23(6)45-36(61)25(12-14-64-7)47-27(52)15-40/h19-26,30,51H,8-18,39-40H2,1-7H3,(H,41,56)(H,42,57)(H,43,53)(H,44,60)(H,45,61)(H,46,63)(H,47,52)(H,48,62)(H,49,58)(H,50,59)(H,54,55)/t19-,20-,21-,22-,23-,24-,25-,26-,30-/m0/s1. The van der Waals surface area contributed by atoms with E-state index in [9.17, 15) is 57.8 Å². The van der Waals surface area contributed by atoms with E-state index in [1.165, 1.54) is 39.5 Å². The number of rotatable bonds is 31. The van der Waals surface area contributed by atoms with Gasteiger partial charge in [-0.3, -0.25) is 52.7 Å². The van der Waals surface area contributed by atoms with Crippen LogP contribution in [0, 0.1) is 5.92 Å². The monoisotopic (exact) mass is 932 g/mol. The van der Waals surface area contributed by atoms with E-state index in [1.807, 2.05) is 0 Å². The average molecular weight is 933 g/mol. The summed E-state index contributed by atoms with van der Waals surface area (Å²) in [6.07, 6.45) is 3.34. The number of thioether (sulfide) groups is 1. The second-order valence-electron chi connectivity index (χ2n) is 14.9. The van der Waals surface area contributed by atoms with Crippen molar-refractivity contribution in [3.8, 4) is 0 Å². The van der Waals surface area contributed by atoms with Gasteiger partial charge in [0.2, 0.25) is 59.1 Å². The van der Waals surface area contributed by atoms with Crippen molar-refractivity contribution in [3.05, 3.63) is 0 Å². The summed E-state index contributed by atoms with van der Waals surface area (Å²) in [5.74, 6) is -8.98. The van der Waals surface area contributed by atoms with E-state index in [0.717, 1.165) is 0 Å². The minimum Gasteiger partial charge on any atom is -0.480 e. The topological polar surface area (TPSA) is 401 Å². The van der Waals surface area contributed by atoms with Crippen molar-refractivity contribution in [1.29, 1.82) is 0 Å². The predicted octanol–water partition coefficient (Wildman–Crippen LogP) is -5.86. The third-order valence-electron chi connectivity index (χ3n) is 9.50. The normalized spacial score (nSPS) is 15.0. The first kappa shape index (κ1) is 58.4. The molecule has 0 saturated carbocycles. The molecule has 0 fully saturated rings. The first-order valence-electron chi connectivity index (χ1n) is 20.7. The van der Waals surface area contributed by atoms with E-state index in [1.54, 1.807) is 20.1 Å². The molecular formula is C38H68N12O13S. The van der Waals surface area contributed by atoms with Crippen molar-refractivity contribution in [2.45, 2.75) is 122 Å². The van der Waals surface area contributed by atoms with Gasteiger partial charge in [-0.15, -0.1) is 0 Å². The first-order chi connectivity index (χ1) is 30.1. The molecule has 25 nitrogen and oxygen atoms in total. The third kappa shape index (κ3) is 22.7. The van der Waals surface area contributed by atoms with Gasteiger partial charge in [0.15, 0.2) is 0 Å². The lowest BCUT2D eigenvalue weighted by molar-refractivity contribution is -0.138. The Kier molecular flexibility index (Phi) is 28.5. The van der Waals surface area contributed by atoms with E-state index in [-0.39, 0.29) is 25.9 Å². The van der Waals surface area contributed by atoms with Crippen LogP contribution in [-0.2, 0) is 52.7 Å². The molecule has 16 N–H and O–H groups in total. The number of carbonyl (C=O) groups is 11. The Morgan fingerprint density at radius 3 is 1.50 bits per heavy atom. The summed E-state index contributed by atoms with van der Waals surface area (Å²) < 4.78 is 0. The van der Waals surface area contributed by atoms with Gasteiger partial charge >= 0.3 is 5.97 Å². The van der Waals surface area contributed by atoms with E-state index in [0.29, 0.717) is 25.0 Å². The summed E-state index contributed by atoms with van der Waals surface area (Å²) >= 11 is 1.43. The molecule has 0 radical (unpaired) electrons. The number of unbranched alkanes of at least 4 members (excludes halogenated alkanes) is 1. The Morgan fingerprint density at radius 1 is 0.531 bits per heavy atom. The largest absolute Gasteiger partial charge is 0.480 e. The Labute approximate surface area is 376 Å². The third-order valence-corrected chi connectivity index (χ3v) is 10.1. The zero-order valence-electron chi connectivity index (χ0n) is 37.4. The number of aliphatic carboxylic acids is 1. The summed E-state index contributed by atoms with van der Waals surface area (Å²) in [5.41, 5.74) is 10.9. The van der Waals surface area contributed by atoms with Gasteiger partial charge < -0.3 is 74.8 Å². The van der Waals surface area contributed by atoms with Crippen molar-refractivity contribution in [2.75, 3.05) is 44.8 Å². The Balaban J connectivity index is 5.45. The lowest BCUT2D eigenvalue weighted by atomic mass is 9.97. The summed E-state index contributed by atoms with van der Waals surface area (Å²) in [6, 6.07) is -9.79. The van der Waals surface area contributed by atoms with Gasteiger partial charge in [-0.2, -0.15) is 11.8 Å². The molecule has 364 valence electrons. The van der Waals surface area contributed by atoms with Gasteiger partial charge in [0.25, 0.3) is 0 Å². The fourth-order valence-electron chi connectivity index (χ4n) is 5.38. The molecule has 26 heteroatoms. The molecule has 10 amide bonds. The first-order valence-corrected chi connectivity index (χ1v) is 22.1. The molecule has 0 aromatic carbocycles. The molecule has 0 aliphatic carbocycles. The number of amides is 10. The maximum atomic E-state index is 13.3. The average Bonchev–Trinajstić information content (AvgIpc) is 3.25. The number of aliphatic hydroxyl groups is 1. The lowest BCUT2D eigenvalue weighted by Crippen LogP contribution is -2.59. The van der Waals surface area contributed by atoms with Gasteiger partial charge in [0.05, 0.1) is 19.7 Å². The summed E-state index contributed by atoms with van der Waals surface area (Å²) in [5, 5.41) is 42.7. The van der Waals surface area contributed by atoms with Crippen LogP contribution in [-0.4, -0.2) is 168 Å². The smallest absolute Gasteiger partial charge is 0.322 e. The number of carbonyl (C=O) groups excluding carboxylic acids is 10. The molecule has 0 bridgehead atoms. The second kappa shape index (κ2) is 31.3. The molecule has 0 heterocycles. The highest BCUT2D eigenvalue weighted by Crippen LogP contribution is 2.09. The molecule has 0 aromatic heterocycles. The number of carboxylic acids is 1. The predicted molar refractivity (Wildman–Crippen MR) is 233 cm³/mol. The van der Waals surface area contributed by atoms with Crippen molar-refractivity contribution >= 4 is 76.8 Å². The van der Waals surface area contributed by atoms with Crippen LogP contribution in [0.4, 0.5) is 0 Å². The van der Waals surface area contributed by atoms with Crippen LogP contribution in [0.2, 0.25) is 0 Å². The van der Waals surface area contributed by atoms with Gasteiger partial charge in [-0.1, -0.05) is 20.3 Å². The van der Waals surface area contributed by atoms with Gasteiger partial charge in [0, 0.05) is 0 Å². The molecule has 9 atom stereocenters. The van der Waals surface area contributed by atoms with Crippen molar-refractivity contribution in [1.82, 2.24) is 53.2 Å². The number of nitrogens with one attached hydrogen (secondary N) is 10. The lowest BCUT2D eigenvalue weighted by Gasteiger charge is -2.26. The molecular weight excluding hydrogens is 865 g/mol. The quantitative estimate of drug-likeness (QED) is 0.0288. The molecule has 0 saturated heterocycles. The number of aliphatic hydroxyl groups excluding tert-OH is 1. The van der Waals surface area contributed by atoms with Crippen LogP contribution in [0.15, 0.2) is 0 Å². The summed E-state index contributed by atoms with van der Waals surface area (Å²) in [6.45, 7) is 6.43. The Hall–Kier alpha value is -5.60. The highest BCUT2D eigenvalue weighted by atomic mass is 32.2. The fraction of sp³-hybridized carbons (Fsp3) is 0.711. The number of carboxylic acid groups (broad SMARTS) is 1. The van der Waals surface area contributed by atoms with Gasteiger partial charge in [-0.05, 0) is 77.8 Å². The van der Waals surface area contributed by atoms with Crippen molar-refractivity contribution in [2.24, 2.45) is 17.4 Å². The van der Waals surface area contributed by atoms with E-state index < -0.39 is 139 Å². The van der Waals surface area contributed by atoms with Crippen LogP contribution < -0.4 is 64.6 Å². The van der Waals surface area contributed by atoms with E-state index >= 15 is 0 Å². The zero-order valence-corrected chi connectivity index (χ0v) is 38.2. The minimum atomic E-state index is -1.57. The highest BCUT2D eigenvalue weighted by molar-refractivity contribution is 7.98. The number of nitrogens with two attached hydrogens (primary N) is 2. The van der Waals surface area contributed by atoms with Crippen LogP contribution in [0.5, 0.6) is 0 Å². The summed E-state index contributed by atoms with van der Waals surface area (Å²) in [7, 11) is 0. The SMILES string of the molecule is CC[C@H](C)[C@H](NC(=O)[C@H](C)NC(=O)CNC(=O)[C@H](C)NC(=O)[C@H](CCCCN)NC(=O)[C@H](CO)NC(=O)[C@H](C)NC(=O)[C@H](CCSC)NC(=O)CN)C(=O)N[C@@H](C)C(=O)NCC(=O)O. The zero-order chi connectivity index (χ0) is 49.1. The number of hydrogen-bond donors (Lipinski definition) is 14. The van der Waals surface area contributed by atoms with Crippen molar-refractivity contribution in [3.63, 3.8) is 0 Å². The maximum absolute atomic E-state index is 13.3. The molecule has 0 spiro atoms. The molecule has 0 unspecified atom stereocenters. The number of hydrogen-bond acceptors (Lipinski definition) is 15. The van der Waals surface area contributed by atoms with E-state index in [4.69, 9.17) is 16.6 Å². The van der Waals surface area contributed by atoms with E-state index in [2.05, 4.69) is 53.2 Å². The fourth-order valence-corrected chi connectivity index (χ4v) is 5.86. The maximum Gasteiger partial charge on any atom is 0.322 e. The Bertz CT molecular complexity index is 1620. The van der Waals surface area contributed by atoms with Gasteiger partial charge in [0.1, 0.15) is 54.9 Å². The Morgan fingerprint density at radius 2 is 1.00 bits per heavy atom. The van der Waals surface area contributed by atoms with Crippen molar-refractivity contribution < 1.29 is 63.0 Å². The molecule has 0 aromatic rings. The van der Waals surface area contributed by atoms with Crippen LogP contribution in [0.1, 0.15) is 73.6 Å². The summed E-state index contributed by atoms with van der Waals surface area (Å²) in [4.78, 5) is 139. The van der Waals surface area contributed by atoms with Gasteiger partial charge in [-0.25, -0.2) is 0 Å². The van der Waals surface area contributed by atoms with Crippen LogP contribution in [0.25, 0.3) is 0 Å². The highest BCUT2D eigenvalue weighted by Gasteiger charge is 2.32. The van der Waals surface area contributed by atoms with Crippen LogP contribution >= 0.6 is 11.8 Å². The molecule has 0 rings (SSSR count). The molecule has 0 aliphatic rings. The second-order valence-corrected chi connectivity index (χ2v) is 15.9. The van der Waals surface area contributed by atoms with Crippen LogP contribution in [0.3, 0.4) is 0 Å². The molecule has 64 heavy (non-hydrogen) atoms. The molecule has 0 aliphatic heterocycles.